The van der Waals surface area contributed by atoms with E-state index in [4.69, 9.17) is 5.11 Å². The van der Waals surface area contributed by atoms with Crippen molar-refractivity contribution >= 4 is 11.8 Å². The van der Waals surface area contributed by atoms with Crippen LogP contribution in [-0.4, -0.2) is 28.9 Å². The maximum atomic E-state index is 13.2. The van der Waals surface area contributed by atoms with Gasteiger partial charge in [-0.25, -0.2) is 4.39 Å². The second kappa shape index (κ2) is 4.31. The lowest BCUT2D eigenvalue weighted by Gasteiger charge is -2.26. The van der Waals surface area contributed by atoms with E-state index in [1.165, 1.54) is 6.92 Å². The summed E-state index contributed by atoms with van der Waals surface area (Å²) in [4.78, 5) is 0. The van der Waals surface area contributed by atoms with Gasteiger partial charge in [0.2, 0.25) is 0 Å². The van der Waals surface area contributed by atoms with Gasteiger partial charge in [-0.1, -0.05) is 0 Å². The van der Waals surface area contributed by atoms with Gasteiger partial charge in [0.05, 0.1) is 6.10 Å². The van der Waals surface area contributed by atoms with Gasteiger partial charge in [0.1, 0.15) is 6.17 Å². The fourth-order valence-corrected chi connectivity index (χ4v) is 2.57. The topological polar surface area (TPSA) is 20.2 Å². The van der Waals surface area contributed by atoms with E-state index >= 15 is 0 Å². The Kier molecular flexibility index (Phi) is 3.66. The highest BCUT2D eigenvalue weighted by atomic mass is 32.2. The van der Waals surface area contributed by atoms with Crippen LogP contribution >= 0.6 is 11.8 Å². The second-order valence-electron chi connectivity index (χ2n) is 3.13. The molecule has 11 heavy (non-hydrogen) atoms. The fraction of sp³-hybridized carbons (Fsp3) is 1.00. The van der Waals surface area contributed by atoms with Crippen molar-refractivity contribution in [2.75, 3.05) is 11.5 Å². The Morgan fingerprint density at radius 2 is 2.00 bits per heavy atom. The largest absolute Gasteiger partial charge is 0.390 e. The lowest BCUT2D eigenvalue weighted by atomic mass is 9.94. The van der Waals surface area contributed by atoms with Gasteiger partial charge in [0, 0.05) is 0 Å². The molecule has 2 unspecified atom stereocenters. The molecule has 0 amide bonds. The summed E-state index contributed by atoms with van der Waals surface area (Å²) in [6.45, 7) is 1.53. The molecule has 66 valence electrons. The van der Waals surface area contributed by atoms with Crippen LogP contribution < -0.4 is 0 Å². The van der Waals surface area contributed by atoms with Crippen LogP contribution in [0, 0.1) is 5.92 Å². The Hall–Kier alpha value is 0.240. The van der Waals surface area contributed by atoms with E-state index < -0.39 is 12.3 Å². The van der Waals surface area contributed by atoms with Crippen molar-refractivity contribution in [2.45, 2.75) is 32.0 Å². The van der Waals surface area contributed by atoms with Crippen molar-refractivity contribution in [3.05, 3.63) is 0 Å². The second-order valence-corrected chi connectivity index (χ2v) is 4.36. The van der Waals surface area contributed by atoms with E-state index in [1.807, 2.05) is 11.8 Å². The van der Waals surface area contributed by atoms with Crippen LogP contribution in [0.3, 0.4) is 0 Å². The number of alkyl halides is 1. The molecule has 0 spiro atoms. The first-order valence-corrected chi connectivity index (χ1v) is 5.27. The van der Waals surface area contributed by atoms with Crippen molar-refractivity contribution in [3.8, 4) is 0 Å². The number of thioether (sulfide) groups is 1. The van der Waals surface area contributed by atoms with E-state index in [9.17, 15) is 4.39 Å². The number of halogens is 1. The predicted octanol–water partition coefficient (Wildman–Crippen LogP) is 1.85. The molecule has 1 rings (SSSR count). The van der Waals surface area contributed by atoms with Crippen molar-refractivity contribution in [2.24, 2.45) is 5.92 Å². The molecule has 1 aliphatic rings. The third-order valence-corrected chi connectivity index (χ3v) is 3.23. The maximum Gasteiger partial charge on any atom is 0.128 e. The summed E-state index contributed by atoms with van der Waals surface area (Å²) in [5.41, 5.74) is 0. The summed E-state index contributed by atoms with van der Waals surface area (Å²) in [6.07, 6.45) is 0.0620. The Morgan fingerprint density at radius 3 is 2.45 bits per heavy atom. The monoisotopic (exact) mass is 178 g/mol. The van der Waals surface area contributed by atoms with Crippen LogP contribution in [0.5, 0.6) is 0 Å². The quantitative estimate of drug-likeness (QED) is 0.696. The number of rotatable bonds is 2. The highest BCUT2D eigenvalue weighted by molar-refractivity contribution is 7.99. The zero-order valence-corrected chi connectivity index (χ0v) is 7.61. The Labute approximate surface area is 71.4 Å². The molecule has 0 saturated carbocycles. The number of hydrogen-bond donors (Lipinski definition) is 1. The standard InChI is InChI=1S/C8H15FOS/c1-6(10)8(9)7-2-4-11-5-3-7/h6-8,10H,2-5H2,1H3. The van der Waals surface area contributed by atoms with Crippen molar-refractivity contribution in [3.63, 3.8) is 0 Å². The molecule has 1 heterocycles. The van der Waals surface area contributed by atoms with Gasteiger partial charge in [-0.2, -0.15) is 11.8 Å². The molecule has 0 aromatic heterocycles. The molecule has 1 N–H and O–H groups in total. The SMILES string of the molecule is CC(O)C(F)C1CCSCC1. The van der Waals surface area contributed by atoms with Crippen LogP contribution in [-0.2, 0) is 0 Å². The smallest absolute Gasteiger partial charge is 0.128 e. The minimum Gasteiger partial charge on any atom is -0.390 e. The van der Waals surface area contributed by atoms with E-state index in [-0.39, 0.29) is 5.92 Å². The van der Waals surface area contributed by atoms with Crippen molar-refractivity contribution in [1.82, 2.24) is 0 Å². The highest BCUT2D eigenvalue weighted by Crippen LogP contribution is 2.28. The molecular weight excluding hydrogens is 163 g/mol. The molecule has 1 aliphatic heterocycles. The summed E-state index contributed by atoms with van der Waals surface area (Å²) >= 11 is 1.88. The normalized spacial score (nSPS) is 26.5. The molecule has 1 nitrogen and oxygen atoms in total. The number of aliphatic hydroxyl groups is 1. The van der Waals surface area contributed by atoms with Gasteiger partial charge < -0.3 is 5.11 Å². The van der Waals surface area contributed by atoms with E-state index in [1.54, 1.807) is 0 Å². The highest BCUT2D eigenvalue weighted by Gasteiger charge is 2.26. The number of hydrogen-bond acceptors (Lipinski definition) is 2. The Balaban J connectivity index is 2.32. The lowest BCUT2D eigenvalue weighted by molar-refractivity contribution is 0.0516. The molecule has 0 aromatic carbocycles. The van der Waals surface area contributed by atoms with Gasteiger partial charge in [0.15, 0.2) is 0 Å². The zero-order chi connectivity index (χ0) is 8.27. The Bertz CT molecular complexity index is 113. The molecule has 0 radical (unpaired) electrons. The third-order valence-electron chi connectivity index (χ3n) is 2.18. The van der Waals surface area contributed by atoms with E-state index in [0.717, 1.165) is 24.3 Å². The number of aliphatic hydroxyl groups excluding tert-OH is 1. The average molecular weight is 178 g/mol. The molecule has 3 heteroatoms. The first-order valence-electron chi connectivity index (χ1n) is 4.11. The minimum absolute atomic E-state index is 0.108. The van der Waals surface area contributed by atoms with Crippen molar-refractivity contribution < 1.29 is 9.50 Å². The van der Waals surface area contributed by atoms with Gasteiger partial charge in [0.25, 0.3) is 0 Å². The van der Waals surface area contributed by atoms with Crippen LogP contribution in [0.1, 0.15) is 19.8 Å². The molecule has 0 aromatic rings. The van der Waals surface area contributed by atoms with E-state index in [2.05, 4.69) is 0 Å². The van der Waals surface area contributed by atoms with Crippen LogP contribution in [0.4, 0.5) is 4.39 Å². The maximum absolute atomic E-state index is 13.2. The summed E-state index contributed by atoms with van der Waals surface area (Å²) in [7, 11) is 0. The molecule has 2 atom stereocenters. The van der Waals surface area contributed by atoms with Gasteiger partial charge in [-0.3, -0.25) is 0 Å². The molecule has 0 aliphatic carbocycles. The van der Waals surface area contributed by atoms with Crippen LogP contribution in [0.15, 0.2) is 0 Å². The summed E-state index contributed by atoms with van der Waals surface area (Å²) in [5, 5.41) is 8.99. The molecule has 1 fully saturated rings. The first-order chi connectivity index (χ1) is 5.22. The predicted molar refractivity (Wildman–Crippen MR) is 46.6 cm³/mol. The summed E-state index contributed by atoms with van der Waals surface area (Å²) in [6, 6.07) is 0. The van der Waals surface area contributed by atoms with Crippen LogP contribution in [0.25, 0.3) is 0 Å². The lowest BCUT2D eigenvalue weighted by Crippen LogP contribution is -2.29. The minimum atomic E-state index is -1.00. The van der Waals surface area contributed by atoms with Gasteiger partial charge in [-0.05, 0) is 37.2 Å². The molecular formula is C8H15FOS. The summed E-state index contributed by atoms with van der Waals surface area (Å²) < 4.78 is 13.2. The summed E-state index contributed by atoms with van der Waals surface area (Å²) in [5.74, 6) is 2.21. The van der Waals surface area contributed by atoms with Crippen LogP contribution in [0.2, 0.25) is 0 Å². The molecule has 0 bridgehead atoms. The fourth-order valence-electron chi connectivity index (χ4n) is 1.43. The van der Waals surface area contributed by atoms with Crippen molar-refractivity contribution in [1.29, 1.82) is 0 Å². The average Bonchev–Trinajstić information content (AvgIpc) is 2.05. The first kappa shape index (κ1) is 9.33. The van der Waals surface area contributed by atoms with E-state index in [0.29, 0.717) is 0 Å². The van der Waals surface area contributed by atoms with Gasteiger partial charge >= 0.3 is 0 Å². The Morgan fingerprint density at radius 1 is 1.45 bits per heavy atom. The third kappa shape index (κ3) is 2.64. The molecule has 1 saturated heterocycles. The zero-order valence-electron chi connectivity index (χ0n) is 6.79. The van der Waals surface area contributed by atoms with Gasteiger partial charge in [-0.15, -0.1) is 0 Å².